The highest BCUT2D eigenvalue weighted by molar-refractivity contribution is 6.13. The van der Waals surface area contributed by atoms with E-state index in [1.165, 1.54) is 65.3 Å². The quantitative estimate of drug-likeness (QED) is 0.219. The van der Waals surface area contributed by atoms with Gasteiger partial charge in [-0.1, -0.05) is 128 Å². The Morgan fingerprint density at radius 3 is 1.87 bits per heavy atom. The predicted molar refractivity (Wildman–Crippen MR) is 168 cm³/mol. The lowest BCUT2D eigenvalue weighted by Crippen LogP contribution is -1.87. The molecule has 0 heterocycles. The van der Waals surface area contributed by atoms with Gasteiger partial charge in [-0.2, -0.15) is 0 Å². The zero-order chi connectivity index (χ0) is 25.6. The van der Waals surface area contributed by atoms with Gasteiger partial charge in [0.2, 0.25) is 0 Å². The largest absolute Gasteiger partial charge is 0.0984 e. The molecule has 0 fully saturated rings. The van der Waals surface area contributed by atoms with E-state index >= 15 is 0 Å². The average molecular weight is 483 g/mol. The van der Waals surface area contributed by atoms with Crippen molar-refractivity contribution in [3.8, 4) is 22.3 Å². The minimum absolute atomic E-state index is 1.11. The Bertz CT molecular complexity index is 2050. The van der Waals surface area contributed by atoms with Gasteiger partial charge in [-0.15, -0.1) is 0 Å². The molecule has 38 heavy (non-hydrogen) atoms. The molecule has 0 aliphatic heterocycles. The molecule has 0 aromatic heterocycles. The number of hydrogen-bond donors (Lipinski definition) is 0. The first-order valence-corrected chi connectivity index (χ1v) is 13.0. The summed E-state index contributed by atoms with van der Waals surface area (Å²) >= 11 is 0. The van der Waals surface area contributed by atoms with Crippen LogP contribution >= 0.6 is 0 Å². The molecule has 0 spiro atoms. The van der Waals surface area contributed by atoms with Gasteiger partial charge in [0.05, 0.1) is 0 Å². The molecule has 0 aliphatic carbocycles. The molecule has 0 aliphatic rings. The van der Waals surface area contributed by atoms with Crippen molar-refractivity contribution in [2.75, 3.05) is 0 Å². The zero-order valence-corrected chi connectivity index (χ0v) is 21.1. The topological polar surface area (TPSA) is 0 Å². The standard InChI is InChI=1S/C38H26/c1-3-25-12-13-27-14-18-33-24-31(20-21-37(33)38(27)34(25)4-2)28-15-16-30-23-32(19-17-29(30)22-28)36-11-7-9-26-8-5-6-10-35(26)36/h3-24H,1-2H2. The van der Waals surface area contributed by atoms with Crippen molar-refractivity contribution in [3.63, 3.8) is 0 Å². The molecule has 0 heteroatoms. The first-order chi connectivity index (χ1) is 18.7. The van der Waals surface area contributed by atoms with Crippen LogP contribution in [-0.2, 0) is 0 Å². The maximum Gasteiger partial charge on any atom is -0.00270 e. The van der Waals surface area contributed by atoms with Crippen LogP contribution < -0.4 is 0 Å². The molecule has 7 rings (SSSR count). The van der Waals surface area contributed by atoms with Crippen LogP contribution in [0.2, 0.25) is 0 Å². The van der Waals surface area contributed by atoms with Gasteiger partial charge < -0.3 is 0 Å². The minimum atomic E-state index is 1.11. The second kappa shape index (κ2) is 8.87. The fourth-order valence-corrected chi connectivity index (χ4v) is 5.85. The van der Waals surface area contributed by atoms with Gasteiger partial charge in [0, 0.05) is 0 Å². The lowest BCUT2D eigenvalue weighted by molar-refractivity contribution is 1.65. The molecule has 0 N–H and O–H groups in total. The van der Waals surface area contributed by atoms with Gasteiger partial charge in [-0.05, 0) is 94.7 Å². The van der Waals surface area contributed by atoms with Crippen LogP contribution in [0.1, 0.15) is 11.1 Å². The summed E-state index contributed by atoms with van der Waals surface area (Å²) in [6.45, 7) is 8.08. The summed E-state index contributed by atoms with van der Waals surface area (Å²) in [7, 11) is 0. The van der Waals surface area contributed by atoms with Crippen LogP contribution in [0.3, 0.4) is 0 Å². The van der Waals surface area contributed by atoms with Crippen LogP contribution in [-0.4, -0.2) is 0 Å². The Kier molecular flexibility index (Phi) is 5.20. The van der Waals surface area contributed by atoms with Crippen molar-refractivity contribution in [1.29, 1.82) is 0 Å². The fourth-order valence-electron chi connectivity index (χ4n) is 5.85. The molecule has 178 valence electrons. The van der Waals surface area contributed by atoms with E-state index in [9.17, 15) is 0 Å². The Hall–Kier alpha value is -4.94. The summed E-state index contributed by atoms with van der Waals surface area (Å²) in [6.07, 6.45) is 3.85. The van der Waals surface area contributed by atoms with Crippen molar-refractivity contribution < 1.29 is 0 Å². The van der Waals surface area contributed by atoms with E-state index in [2.05, 4.69) is 134 Å². The molecular weight excluding hydrogens is 456 g/mol. The Morgan fingerprint density at radius 2 is 1.05 bits per heavy atom. The molecule has 7 aromatic rings. The van der Waals surface area contributed by atoms with Gasteiger partial charge in [-0.3, -0.25) is 0 Å². The van der Waals surface area contributed by atoms with E-state index in [-0.39, 0.29) is 0 Å². The van der Waals surface area contributed by atoms with Crippen LogP contribution in [0, 0.1) is 0 Å². The summed E-state index contributed by atoms with van der Waals surface area (Å²) in [5.74, 6) is 0. The average Bonchev–Trinajstić information content (AvgIpc) is 2.99. The predicted octanol–water partition coefficient (Wildman–Crippen LogP) is 10.9. The van der Waals surface area contributed by atoms with E-state index in [4.69, 9.17) is 0 Å². The number of fused-ring (bicyclic) bond motifs is 5. The number of rotatable bonds is 4. The molecule has 0 unspecified atom stereocenters. The van der Waals surface area contributed by atoms with Crippen LogP contribution in [0.4, 0.5) is 0 Å². The maximum absolute atomic E-state index is 4.08. The van der Waals surface area contributed by atoms with Crippen LogP contribution in [0.5, 0.6) is 0 Å². The molecular formula is C38H26. The van der Waals surface area contributed by atoms with Gasteiger partial charge in [0.1, 0.15) is 0 Å². The maximum atomic E-state index is 4.08. The lowest BCUT2D eigenvalue weighted by atomic mass is 9.91. The van der Waals surface area contributed by atoms with Crippen molar-refractivity contribution in [3.05, 3.63) is 146 Å². The highest BCUT2D eigenvalue weighted by atomic mass is 14.1. The summed E-state index contributed by atoms with van der Waals surface area (Å²) in [5, 5.41) is 9.98. The van der Waals surface area contributed by atoms with E-state index in [1.807, 2.05) is 12.2 Å². The normalized spacial score (nSPS) is 11.4. The van der Waals surface area contributed by atoms with Crippen molar-refractivity contribution in [1.82, 2.24) is 0 Å². The fraction of sp³-hybridized carbons (Fsp3) is 0. The van der Waals surface area contributed by atoms with Gasteiger partial charge in [0.25, 0.3) is 0 Å². The molecule has 0 radical (unpaired) electrons. The summed E-state index contributed by atoms with van der Waals surface area (Å²) in [6, 6.07) is 44.2. The van der Waals surface area contributed by atoms with Gasteiger partial charge >= 0.3 is 0 Å². The molecule has 0 saturated heterocycles. The Balaban J connectivity index is 1.32. The third kappa shape index (κ3) is 3.54. The van der Waals surface area contributed by atoms with E-state index in [0.29, 0.717) is 0 Å². The lowest BCUT2D eigenvalue weighted by Gasteiger charge is -2.12. The Labute approximate surface area is 222 Å². The monoisotopic (exact) mass is 482 g/mol. The molecule has 0 saturated carbocycles. The third-order valence-corrected chi connectivity index (χ3v) is 7.77. The molecule has 0 atom stereocenters. The first kappa shape index (κ1) is 22.3. The minimum Gasteiger partial charge on any atom is -0.0984 e. The SMILES string of the molecule is C=Cc1ccc2ccc3cc(-c4ccc5cc(-c6cccc7ccccc67)ccc5c4)ccc3c2c1C=C. The van der Waals surface area contributed by atoms with Crippen molar-refractivity contribution in [2.45, 2.75) is 0 Å². The van der Waals surface area contributed by atoms with Gasteiger partial charge in [0.15, 0.2) is 0 Å². The van der Waals surface area contributed by atoms with Crippen molar-refractivity contribution >= 4 is 55.2 Å². The first-order valence-electron chi connectivity index (χ1n) is 13.0. The smallest absolute Gasteiger partial charge is 0.00270 e. The molecule has 0 bridgehead atoms. The number of hydrogen-bond acceptors (Lipinski definition) is 0. The van der Waals surface area contributed by atoms with Crippen LogP contribution in [0.15, 0.2) is 134 Å². The molecule has 7 aromatic carbocycles. The molecule has 0 nitrogen and oxygen atoms in total. The van der Waals surface area contributed by atoms with Crippen molar-refractivity contribution in [2.24, 2.45) is 0 Å². The second-order valence-electron chi connectivity index (χ2n) is 9.88. The zero-order valence-electron chi connectivity index (χ0n) is 21.1. The van der Waals surface area contributed by atoms with E-state index in [0.717, 1.165) is 11.1 Å². The summed E-state index contributed by atoms with van der Waals surface area (Å²) < 4.78 is 0. The Morgan fingerprint density at radius 1 is 0.421 bits per heavy atom. The highest BCUT2D eigenvalue weighted by Crippen LogP contribution is 2.36. The summed E-state index contributed by atoms with van der Waals surface area (Å²) in [4.78, 5) is 0. The second-order valence-corrected chi connectivity index (χ2v) is 9.88. The summed E-state index contributed by atoms with van der Waals surface area (Å²) in [5.41, 5.74) is 7.22. The van der Waals surface area contributed by atoms with Gasteiger partial charge in [-0.25, -0.2) is 0 Å². The third-order valence-electron chi connectivity index (χ3n) is 7.77. The molecule has 0 amide bonds. The van der Waals surface area contributed by atoms with E-state index in [1.54, 1.807) is 0 Å². The highest BCUT2D eigenvalue weighted by Gasteiger charge is 2.10. The van der Waals surface area contributed by atoms with Crippen LogP contribution in [0.25, 0.3) is 77.5 Å². The van der Waals surface area contributed by atoms with E-state index < -0.39 is 0 Å². The number of benzene rings is 7.